The summed E-state index contributed by atoms with van der Waals surface area (Å²) >= 11 is 5.95. The van der Waals surface area contributed by atoms with Gasteiger partial charge in [-0.2, -0.15) is 0 Å². The number of benzene rings is 1. The van der Waals surface area contributed by atoms with Crippen LogP contribution in [0.2, 0.25) is 5.02 Å². The molecule has 2 rings (SSSR count). The van der Waals surface area contributed by atoms with Crippen molar-refractivity contribution in [2.75, 3.05) is 27.2 Å². The first-order valence-corrected chi connectivity index (χ1v) is 7.11. The summed E-state index contributed by atoms with van der Waals surface area (Å²) in [4.78, 5) is 5.77. The number of rotatable bonds is 6. The van der Waals surface area contributed by atoms with Gasteiger partial charge in [0.15, 0.2) is 0 Å². The van der Waals surface area contributed by atoms with Gasteiger partial charge in [0.1, 0.15) is 12.6 Å². The van der Waals surface area contributed by atoms with Crippen molar-refractivity contribution in [3.63, 3.8) is 0 Å². The zero-order valence-corrected chi connectivity index (χ0v) is 12.6. The van der Waals surface area contributed by atoms with E-state index in [-0.39, 0.29) is 6.10 Å². The van der Waals surface area contributed by atoms with Crippen LogP contribution >= 0.6 is 11.6 Å². The fraction of sp³-hybridized carbons (Fsp3) is 0.312. The van der Waals surface area contributed by atoms with Crippen LogP contribution in [-0.4, -0.2) is 32.2 Å². The van der Waals surface area contributed by atoms with Crippen LogP contribution in [0.5, 0.6) is 0 Å². The van der Waals surface area contributed by atoms with E-state index in [1.165, 1.54) is 4.90 Å². The van der Waals surface area contributed by atoms with E-state index in [0.717, 1.165) is 22.8 Å². The standard InChI is InChI=1S/C16H19ClN2O/c1-19(2)11-12-20-16(15-5-3-4-10-18-15)13-6-8-14(17)9-7-13/h3-10,16H,11-12H2,1-2H3/p+1/t16-/m1/s1. The van der Waals surface area contributed by atoms with Gasteiger partial charge in [0, 0.05) is 11.2 Å². The molecule has 1 heterocycles. The van der Waals surface area contributed by atoms with E-state index >= 15 is 0 Å². The number of nitrogens with zero attached hydrogens (tertiary/aromatic N) is 1. The maximum atomic E-state index is 6.04. The van der Waals surface area contributed by atoms with Gasteiger partial charge in [0.2, 0.25) is 0 Å². The highest BCUT2D eigenvalue weighted by molar-refractivity contribution is 6.30. The Kier molecular flexibility index (Phi) is 5.53. The van der Waals surface area contributed by atoms with E-state index in [1.54, 1.807) is 6.20 Å². The summed E-state index contributed by atoms with van der Waals surface area (Å²) in [5.74, 6) is 0. The second kappa shape index (κ2) is 7.39. The van der Waals surface area contributed by atoms with Crippen LogP contribution in [0.1, 0.15) is 17.4 Å². The monoisotopic (exact) mass is 291 g/mol. The molecule has 1 aromatic heterocycles. The maximum absolute atomic E-state index is 6.04. The van der Waals surface area contributed by atoms with E-state index in [0.29, 0.717) is 6.61 Å². The number of ether oxygens (including phenoxy) is 1. The Hall–Kier alpha value is -1.42. The topological polar surface area (TPSA) is 26.6 Å². The largest absolute Gasteiger partial charge is 0.361 e. The molecule has 0 radical (unpaired) electrons. The summed E-state index contributed by atoms with van der Waals surface area (Å²) in [5.41, 5.74) is 1.99. The van der Waals surface area contributed by atoms with Crippen molar-refractivity contribution < 1.29 is 9.64 Å². The highest BCUT2D eigenvalue weighted by Gasteiger charge is 2.16. The van der Waals surface area contributed by atoms with Crippen LogP contribution in [0.25, 0.3) is 0 Å². The van der Waals surface area contributed by atoms with Gasteiger partial charge in [-0.25, -0.2) is 0 Å². The third-order valence-electron chi connectivity index (χ3n) is 3.02. The minimum absolute atomic E-state index is 0.146. The maximum Gasteiger partial charge on any atom is 0.125 e. The molecule has 0 saturated heterocycles. The Labute approximate surface area is 125 Å². The normalized spacial score (nSPS) is 12.6. The number of pyridine rings is 1. The summed E-state index contributed by atoms with van der Waals surface area (Å²) in [6, 6.07) is 13.6. The van der Waals surface area contributed by atoms with E-state index < -0.39 is 0 Å². The van der Waals surface area contributed by atoms with Gasteiger partial charge in [-0.3, -0.25) is 4.98 Å². The Bertz CT molecular complexity index is 514. The summed E-state index contributed by atoms with van der Waals surface area (Å²) in [6.45, 7) is 1.64. The molecule has 0 amide bonds. The number of likely N-dealkylation sites (N-methyl/N-ethyl adjacent to an activating group) is 1. The van der Waals surface area contributed by atoms with Gasteiger partial charge in [-0.15, -0.1) is 0 Å². The van der Waals surface area contributed by atoms with Gasteiger partial charge < -0.3 is 9.64 Å². The smallest absolute Gasteiger partial charge is 0.125 e. The number of hydrogen-bond donors (Lipinski definition) is 1. The third-order valence-corrected chi connectivity index (χ3v) is 3.27. The van der Waals surface area contributed by atoms with Crippen LogP contribution in [0.3, 0.4) is 0 Å². The molecule has 0 bridgehead atoms. The van der Waals surface area contributed by atoms with E-state index in [2.05, 4.69) is 19.1 Å². The van der Waals surface area contributed by atoms with Crippen molar-refractivity contribution in [1.29, 1.82) is 0 Å². The van der Waals surface area contributed by atoms with Crippen LogP contribution in [0.15, 0.2) is 48.7 Å². The summed E-state index contributed by atoms with van der Waals surface area (Å²) in [6.07, 6.45) is 1.64. The second-order valence-corrected chi connectivity index (χ2v) is 5.45. The van der Waals surface area contributed by atoms with Crippen molar-refractivity contribution >= 4 is 11.6 Å². The molecule has 4 heteroatoms. The highest BCUT2D eigenvalue weighted by atomic mass is 35.5. The molecule has 3 nitrogen and oxygen atoms in total. The Morgan fingerprint density at radius 3 is 2.50 bits per heavy atom. The van der Waals surface area contributed by atoms with E-state index in [4.69, 9.17) is 16.3 Å². The average molecular weight is 292 g/mol. The molecule has 0 aliphatic carbocycles. The predicted octanol–water partition coefficient (Wildman–Crippen LogP) is 1.99. The van der Waals surface area contributed by atoms with Crippen molar-refractivity contribution in [2.24, 2.45) is 0 Å². The molecule has 106 valence electrons. The fourth-order valence-electron chi connectivity index (χ4n) is 1.90. The zero-order valence-electron chi connectivity index (χ0n) is 11.8. The minimum Gasteiger partial charge on any atom is -0.361 e. The molecule has 0 unspecified atom stereocenters. The average Bonchev–Trinajstić information content (AvgIpc) is 2.46. The number of quaternary nitrogens is 1. The molecule has 0 aliphatic heterocycles. The van der Waals surface area contributed by atoms with Gasteiger partial charge in [-0.05, 0) is 29.8 Å². The van der Waals surface area contributed by atoms with Gasteiger partial charge in [0.25, 0.3) is 0 Å². The summed E-state index contributed by atoms with van der Waals surface area (Å²) in [5, 5.41) is 0.728. The lowest BCUT2D eigenvalue weighted by atomic mass is 10.1. The lowest BCUT2D eigenvalue weighted by Crippen LogP contribution is -3.06. The van der Waals surface area contributed by atoms with Crippen LogP contribution in [0.4, 0.5) is 0 Å². The predicted molar refractivity (Wildman–Crippen MR) is 81.2 cm³/mol. The summed E-state index contributed by atoms with van der Waals surface area (Å²) < 4.78 is 6.04. The van der Waals surface area contributed by atoms with Crippen LogP contribution < -0.4 is 4.90 Å². The first-order valence-electron chi connectivity index (χ1n) is 6.74. The SMILES string of the molecule is C[NH+](C)CCO[C@H](c1ccc(Cl)cc1)c1ccccn1. The molecule has 0 spiro atoms. The van der Waals surface area contributed by atoms with E-state index in [9.17, 15) is 0 Å². The number of hydrogen-bond acceptors (Lipinski definition) is 2. The Morgan fingerprint density at radius 1 is 1.15 bits per heavy atom. The molecule has 1 atom stereocenters. The Morgan fingerprint density at radius 2 is 1.90 bits per heavy atom. The molecule has 0 saturated carbocycles. The van der Waals surface area contributed by atoms with Crippen molar-refractivity contribution in [3.05, 3.63) is 64.9 Å². The van der Waals surface area contributed by atoms with Crippen molar-refractivity contribution in [3.8, 4) is 0 Å². The quantitative estimate of drug-likeness (QED) is 0.881. The minimum atomic E-state index is -0.146. The molecule has 20 heavy (non-hydrogen) atoms. The zero-order chi connectivity index (χ0) is 14.4. The first-order chi connectivity index (χ1) is 9.66. The molecule has 1 N–H and O–H groups in total. The molecule has 2 aromatic rings. The van der Waals surface area contributed by atoms with Gasteiger partial charge in [0.05, 0.1) is 26.4 Å². The lowest BCUT2D eigenvalue weighted by Gasteiger charge is -2.18. The van der Waals surface area contributed by atoms with E-state index in [1.807, 2.05) is 42.5 Å². The number of halogens is 1. The Balaban J connectivity index is 2.18. The molecular weight excluding hydrogens is 272 g/mol. The molecular formula is C16H20ClN2O+. The summed E-state index contributed by atoms with van der Waals surface area (Å²) in [7, 11) is 4.23. The molecule has 0 fully saturated rings. The lowest BCUT2D eigenvalue weighted by molar-refractivity contribution is -0.858. The third kappa shape index (κ3) is 4.30. The number of nitrogens with one attached hydrogen (secondary N) is 1. The first kappa shape index (κ1) is 15.0. The molecule has 0 aliphatic rings. The molecule has 1 aromatic carbocycles. The highest BCUT2D eigenvalue weighted by Crippen LogP contribution is 2.25. The van der Waals surface area contributed by atoms with Crippen molar-refractivity contribution in [1.82, 2.24) is 4.98 Å². The van der Waals surface area contributed by atoms with Crippen LogP contribution in [-0.2, 0) is 4.74 Å². The number of aromatic nitrogens is 1. The fourth-order valence-corrected chi connectivity index (χ4v) is 2.03. The van der Waals surface area contributed by atoms with Gasteiger partial charge >= 0.3 is 0 Å². The second-order valence-electron chi connectivity index (χ2n) is 5.01. The van der Waals surface area contributed by atoms with Crippen LogP contribution in [0, 0.1) is 0 Å². The van der Waals surface area contributed by atoms with Crippen molar-refractivity contribution in [2.45, 2.75) is 6.10 Å². The van der Waals surface area contributed by atoms with Gasteiger partial charge in [-0.1, -0.05) is 29.8 Å².